The lowest BCUT2D eigenvalue weighted by molar-refractivity contribution is -0.122. The number of carbonyl (C=O) groups excluding carboxylic acids is 2. The van der Waals surface area contributed by atoms with Crippen LogP contribution < -0.4 is 10.2 Å². The lowest BCUT2D eigenvalue weighted by atomic mass is 10.0. The number of thiocarbonyl (C=S) groups is 1. The fraction of sp³-hybridized carbons (Fsp3) is 0.160. The van der Waals surface area contributed by atoms with E-state index < -0.39 is 11.8 Å². The van der Waals surface area contributed by atoms with Gasteiger partial charge in [0.2, 0.25) is 0 Å². The standard InChI is InChI=1S/C25H23N3O2S/c1-15-10-11-16(2)22(12-15)28-24(30)21(23(29)26-25(28)31)14-19-13-17(3)27(18(19)4)20-8-6-5-7-9-20/h5-14H,1-4H3,(H,26,29,31)/b21-14-. The second kappa shape index (κ2) is 7.96. The SMILES string of the molecule is Cc1ccc(C)c(N2C(=O)/C(=C\c3cc(C)n(-c4ccccc4)c3C)C(=O)NC2=S)c1. The minimum absolute atomic E-state index is 0.0582. The maximum atomic E-state index is 13.4. The Balaban J connectivity index is 1.79. The van der Waals surface area contributed by atoms with Crippen LogP contribution in [0.1, 0.15) is 28.1 Å². The lowest BCUT2D eigenvalue weighted by Gasteiger charge is -2.30. The predicted octanol–water partition coefficient (Wildman–Crippen LogP) is 4.54. The van der Waals surface area contributed by atoms with Gasteiger partial charge in [0.15, 0.2) is 5.11 Å². The number of anilines is 1. The van der Waals surface area contributed by atoms with Gasteiger partial charge in [0, 0.05) is 17.1 Å². The molecule has 2 aromatic carbocycles. The second-order valence-corrected chi connectivity index (χ2v) is 8.13. The van der Waals surface area contributed by atoms with Crippen LogP contribution in [0.4, 0.5) is 5.69 Å². The van der Waals surface area contributed by atoms with Gasteiger partial charge in [0.05, 0.1) is 5.69 Å². The van der Waals surface area contributed by atoms with Gasteiger partial charge in [0.1, 0.15) is 5.57 Å². The molecule has 0 radical (unpaired) electrons. The van der Waals surface area contributed by atoms with Crippen molar-refractivity contribution in [2.24, 2.45) is 0 Å². The van der Waals surface area contributed by atoms with Crippen molar-refractivity contribution in [1.29, 1.82) is 0 Å². The highest BCUT2D eigenvalue weighted by Crippen LogP contribution is 2.28. The van der Waals surface area contributed by atoms with Crippen molar-refractivity contribution in [2.45, 2.75) is 27.7 Å². The Labute approximate surface area is 187 Å². The summed E-state index contributed by atoms with van der Waals surface area (Å²) in [5, 5.41) is 2.76. The molecule has 0 atom stereocenters. The third-order valence-corrected chi connectivity index (χ3v) is 5.78. The number of para-hydroxylation sites is 1. The maximum absolute atomic E-state index is 13.4. The van der Waals surface area contributed by atoms with Crippen LogP contribution >= 0.6 is 12.2 Å². The number of nitrogens with one attached hydrogen (secondary N) is 1. The molecule has 0 bridgehead atoms. The van der Waals surface area contributed by atoms with E-state index in [1.54, 1.807) is 6.08 Å². The Bertz CT molecular complexity index is 1260. The van der Waals surface area contributed by atoms with E-state index in [0.29, 0.717) is 5.69 Å². The zero-order chi connectivity index (χ0) is 22.3. The highest BCUT2D eigenvalue weighted by molar-refractivity contribution is 7.80. The van der Waals surface area contributed by atoms with Crippen LogP contribution in [0.2, 0.25) is 0 Å². The Morgan fingerprint density at radius 2 is 1.65 bits per heavy atom. The Morgan fingerprint density at radius 3 is 2.35 bits per heavy atom. The van der Waals surface area contributed by atoms with Gasteiger partial charge in [-0.2, -0.15) is 0 Å². The van der Waals surface area contributed by atoms with E-state index in [4.69, 9.17) is 12.2 Å². The van der Waals surface area contributed by atoms with Crippen molar-refractivity contribution in [3.63, 3.8) is 0 Å². The van der Waals surface area contributed by atoms with E-state index >= 15 is 0 Å². The minimum atomic E-state index is -0.485. The average Bonchev–Trinajstić information content (AvgIpc) is 3.01. The van der Waals surface area contributed by atoms with E-state index in [1.807, 2.05) is 82.3 Å². The summed E-state index contributed by atoms with van der Waals surface area (Å²) in [5.74, 6) is -0.909. The van der Waals surface area contributed by atoms with Crippen LogP contribution in [0.15, 0.2) is 60.2 Å². The molecule has 5 nitrogen and oxygen atoms in total. The smallest absolute Gasteiger partial charge is 0.270 e. The first kappa shape index (κ1) is 20.8. The van der Waals surface area contributed by atoms with Crippen molar-refractivity contribution in [3.8, 4) is 5.69 Å². The molecule has 2 amide bonds. The van der Waals surface area contributed by atoms with Gasteiger partial charge in [-0.3, -0.25) is 19.8 Å². The number of rotatable bonds is 3. The minimum Gasteiger partial charge on any atom is -0.318 e. The molecule has 4 rings (SSSR count). The van der Waals surface area contributed by atoms with Gasteiger partial charge in [-0.15, -0.1) is 0 Å². The van der Waals surface area contributed by atoms with Crippen molar-refractivity contribution in [2.75, 3.05) is 4.90 Å². The molecule has 0 aliphatic carbocycles. The van der Waals surface area contributed by atoms with E-state index in [1.165, 1.54) is 4.90 Å². The summed E-state index contributed by atoms with van der Waals surface area (Å²) in [6.07, 6.45) is 1.65. The summed E-state index contributed by atoms with van der Waals surface area (Å²) in [5.41, 5.74) is 6.44. The van der Waals surface area contributed by atoms with Crippen LogP contribution in [0.3, 0.4) is 0 Å². The topological polar surface area (TPSA) is 54.3 Å². The number of hydrogen-bond acceptors (Lipinski definition) is 3. The van der Waals surface area contributed by atoms with E-state index in [9.17, 15) is 9.59 Å². The Morgan fingerprint density at radius 1 is 0.935 bits per heavy atom. The molecule has 2 heterocycles. The number of aryl methyl sites for hydroxylation is 3. The van der Waals surface area contributed by atoms with E-state index in [2.05, 4.69) is 9.88 Å². The van der Waals surface area contributed by atoms with Crippen LogP contribution in [-0.4, -0.2) is 21.5 Å². The third kappa shape index (κ3) is 3.70. The summed E-state index contributed by atoms with van der Waals surface area (Å²) in [6, 6.07) is 17.8. The van der Waals surface area contributed by atoms with Gasteiger partial charge in [-0.25, -0.2) is 0 Å². The van der Waals surface area contributed by atoms with Crippen LogP contribution in [0.25, 0.3) is 11.8 Å². The zero-order valence-electron chi connectivity index (χ0n) is 17.9. The summed E-state index contributed by atoms with van der Waals surface area (Å²) >= 11 is 5.34. The number of carbonyl (C=O) groups is 2. The fourth-order valence-corrected chi connectivity index (χ4v) is 4.17. The number of amides is 2. The summed E-state index contributed by atoms with van der Waals surface area (Å²) < 4.78 is 2.10. The molecule has 1 aliphatic heterocycles. The van der Waals surface area contributed by atoms with Crippen LogP contribution in [-0.2, 0) is 9.59 Å². The first-order valence-electron chi connectivity index (χ1n) is 10.0. The van der Waals surface area contributed by atoms with E-state index in [0.717, 1.165) is 33.8 Å². The van der Waals surface area contributed by atoms with Gasteiger partial charge >= 0.3 is 0 Å². The molecule has 0 spiro atoms. The summed E-state index contributed by atoms with van der Waals surface area (Å²) in [6.45, 7) is 7.85. The fourth-order valence-electron chi connectivity index (χ4n) is 3.90. The molecule has 3 aromatic rings. The van der Waals surface area contributed by atoms with Gasteiger partial charge in [-0.1, -0.05) is 30.3 Å². The summed E-state index contributed by atoms with van der Waals surface area (Å²) in [4.78, 5) is 27.5. The number of aromatic nitrogens is 1. The molecular weight excluding hydrogens is 406 g/mol. The molecule has 1 aliphatic rings. The van der Waals surface area contributed by atoms with E-state index in [-0.39, 0.29) is 10.7 Å². The molecule has 1 saturated heterocycles. The Hall–Kier alpha value is -3.51. The lowest BCUT2D eigenvalue weighted by Crippen LogP contribution is -2.54. The molecule has 1 aromatic heterocycles. The summed E-state index contributed by atoms with van der Waals surface area (Å²) in [7, 11) is 0. The first-order chi connectivity index (χ1) is 14.8. The van der Waals surface area contributed by atoms with Crippen molar-refractivity contribution in [1.82, 2.24) is 9.88 Å². The van der Waals surface area contributed by atoms with Crippen molar-refractivity contribution in [3.05, 3.63) is 88.2 Å². The molecule has 0 unspecified atom stereocenters. The molecule has 31 heavy (non-hydrogen) atoms. The van der Waals surface area contributed by atoms with Gasteiger partial charge < -0.3 is 4.57 Å². The maximum Gasteiger partial charge on any atom is 0.270 e. The normalized spacial score (nSPS) is 15.5. The average molecular weight is 430 g/mol. The third-order valence-electron chi connectivity index (χ3n) is 5.49. The highest BCUT2D eigenvalue weighted by atomic mass is 32.1. The quantitative estimate of drug-likeness (QED) is 0.378. The number of benzene rings is 2. The van der Waals surface area contributed by atoms with Crippen LogP contribution in [0, 0.1) is 27.7 Å². The molecule has 156 valence electrons. The highest BCUT2D eigenvalue weighted by Gasteiger charge is 2.35. The Kier molecular flexibility index (Phi) is 5.33. The molecule has 0 saturated carbocycles. The predicted molar refractivity (Wildman–Crippen MR) is 127 cm³/mol. The number of nitrogens with zero attached hydrogens (tertiary/aromatic N) is 2. The first-order valence-corrected chi connectivity index (χ1v) is 10.4. The molecule has 1 N–H and O–H groups in total. The molecule has 6 heteroatoms. The zero-order valence-corrected chi connectivity index (χ0v) is 18.7. The largest absolute Gasteiger partial charge is 0.318 e. The van der Waals surface area contributed by atoms with Crippen LogP contribution in [0.5, 0.6) is 0 Å². The molecule has 1 fully saturated rings. The van der Waals surface area contributed by atoms with Gasteiger partial charge in [0.25, 0.3) is 11.8 Å². The second-order valence-electron chi connectivity index (χ2n) is 7.75. The van der Waals surface area contributed by atoms with Crippen molar-refractivity contribution < 1.29 is 9.59 Å². The number of hydrogen-bond donors (Lipinski definition) is 1. The van der Waals surface area contributed by atoms with Crippen molar-refractivity contribution >= 4 is 40.9 Å². The monoisotopic (exact) mass is 429 g/mol. The van der Waals surface area contributed by atoms with Gasteiger partial charge in [-0.05, 0) is 86.9 Å². The molecular formula is C25H23N3O2S.